The molecule has 2 heterocycles. The largest absolute Gasteiger partial charge is 0.322 e. The highest BCUT2D eigenvalue weighted by Gasteiger charge is 2.20. The third-order valence-corrected chi connectivity index (χ3v) is 4.94. The van der Waals surface area contributed by atoms with E-state index in [1.165, 1.54) is 0 Å². The first-order valence-electron chi connectivity index (χ1n) is 8.07. The Morgan fingerprint density at radius 1 is 1.00 bits per heavy atom. The molecule has 0 N–H and O–H groups in total. The number of aromatic nitrogens is 2. The second-order valence-electron chi connectivity index (χ2n) is 6.19. The maximum absolute atomic E-state index is 6.18. The Kier molecular flexibility index (Phi) is 4.06. The number of aryl methyl sites for hydroxylation is 2. The van der Waals surface area contributed by atoms with Gasteiger partial charge in [0.15, 0.2) is 0 Å². The number of fused-ring (bicyclic) bond motifs is 1. The van der Waals surface area contributed by atoms with E-state index in [1.807, 2.05) is 42.1 Å². The van der Waals surface area contributed by atoms with Gasteiger partial charge in [0.05, 0.1) is 11.4 Å². The number of rotatable bonds is 2. The molecule has 0 saturated carbocycles. The quantitative estimate of drug-likeness (QED) is 0.563. The van der Waals surface area contributed by atoms with E-state index in [9.17, 15) is 0 Å². The van der Waals surface area contributed by atoms with Gasteiger partial charge >= 0.3 is 0 Å². The molecule has 0 radical (unpaired) electrons. The molecule has 0 amide bonds. The summed E-state index contributed by atoms with van der Waals surface area (Å²) in [6.45, 7) is 2.86. The minimum Gasteiger partial charge on any atom is -0.322 e. The highest BCUT2D eigenvalue weighted by molar-refractivity contribution is 6.31. The Bertz CT molecular complexity index is 989. The minimum absolute atomic E-state index is 0.716. The lowest BCUT2D eigenvalue weighted by Crippen LogP contribution is -2.22. The van der Waals surface area contributed by atoms with Gasteiger partial charge in [-0.2, -0.15) is 5.10 Å². The molecule has 5 heteroatoms. The molecule has 126 valence electrons. The van der Waals surface area contributed by atoms with Crippen molar-refractivity contribution in [3.8, 4) is 11.3 Å². The molecule has 3 nitrogen and oxygen atoms in total. The van der Waals surface area contributed by atoms with Gasteiger partial charge in [-0.3, -0.25) is 4.68 Å². The van der Waals surface area contributed by atoms with Crippen molar-refractivity contribution < 1.29 is 0 Å². The van der Waals surface area contributed by atoms with Gasteiger partial charge in [0.1, 0.15) is 5.82 Å². The van der Waals surface area contributed by atoms with Crippen molar-refractivity contribution in [2.75, 3.05) is 11.4 Å². The summed E-state index contributed by atoms with van der Waals surface area (Å²) in [5.41, 5.74) is 5.37. The smallest absolute Gasteiger partial charge is 0.131 e. The van der Waals surface area contributed by atoms with Crippen molar-refractivity contribution in [1.82, 2.24) is 9.78 Å². The van der Waals surface area contributed by atoms with Crippen LogP contribution < -0.4 is 4.90 Å². The zero-order chi connectivity index (χ0) is 17.6. The molecule has 0 unspecified atom stereocenters. The molecule has 0 bridgehead atoms. The Balaban J connectivity index is 1.80. The summed E-state index contributed by atoms with van der Waals surface area (Å²) >= 11 is 12.3. The van der Waals surface area contributed by atoms with Gasteiger partial charge in [-0.1, -0.05) is 41.4 Å². The van der Waals surface area contributed by atoms with Crippen LogP contribution in [-0.4, -0.2) is 16.3 Å². The fourth-order valence-corrected chi connectivity index (χ4v) is 3.57. The molecular formula is C20H17Cl2N3. The van der Waals surface area contributed by atoms with Crippen LogP contribution >= 0.6 is 23.2 Å². The Hall–Kier alpha value is -2.23. The fourth-order valence-electron chi connectivity index (χ4n) is 3.22. The van der Waals surface area contributed by atoms with Crippen LogP contribution in [0.1, 0.15) is 11.1 Å². The number of hydrogen-bond acceptors (Lipinski definition) is 2. The Morgan fingerprint density at radius 3 is 2.60 bits per heavy atom. The second kappa shape index (κ2) is 6.25. The van der Waals surface area contributed by atoms with E-state index in [2.05, 4.69) is 36.1 Å². The predicted octanol–water partition coefficient (Wildman–Crippen LogP) is 5.87. The van der Waals surface area contributed by atoms with Gasteiger partial charge in [0, 0.05) is 35.3 Å². The fraction of sp³-hybridized carbons (Fsp3) is 0.150. The van der Waals surface area contributed by atoms with E-state index < -0.39 is 0 Å². The summed E-state index contributed by atoms with van der Waals surface area (Å²) in [6.07, 6.45) is 4.24. The number of benzene rings is 2. The molecule has 0 fully saturated rings. The van der Waals surface area contributed by atoms with E-state index in [0.29, 0.717) is 5.02 Å². The van der Waals surface area contributed by atoms with Gasteiger partial charge in [0.25, 0.3) is 0 Å². The van der Waals surface area contributed by atoms with Gasteiger partial charge in [0.2, 0.25) is 0 Å². The second-order valence-corrected chi connectivity index (χ2v) is 7.06. The summed E-state index contributed by atoms with van der Waals surface area (Å²) in [4.78, 5) is 2.24. The van der Waals surface area contributed by atoms with E-state index >= 15 is 0 Å². The molecule has 25 heavy (non-hydrogen) atoms. The van der Waals surface area contributed by atoms with Crippen molar-refractivity contribution in [1.29, 1.82) is 0 Å². The highest BCUT2D eigenvalue weighted by Crippen LogP contribution is 2.36. The predicted molar refractivity (Wildman–Crippen MR) is 106 cm³/mol. The molecule has 1 aliphatic rings. The molecule has 1 aromatic heterocycles. The molecule has 3 aromatic rings. The number of anilines is 2. The zero-order valence-corrected chi connectivity index (χ0v) is 15.5. The zero-order valence-electron chi connectivity index (χ0n) is 14.0. The van der Waals surface area contributed by atoms with Crippen molar-refractivity contribution in [3.05, 3.63) is 69.7 Å². The SMILES string of the molecule is Cc1ccc(Cl)cc1-c1cc(N2CC=Cc3cc(Cl)ccc32)n(C)n1. The maximum atomic E-state index is 6.18. The normalized spacial score (nSPS) is 13.2. The van der Waals surface area contributed by atoms with Gasteiger partial charge in [-0.15, -0.1) is 0 Å². The van der Waals surface area contributed by atoms with Crippen LogP contribution in [0.3, 0.4) is 0 Å². The van der Waals surface area contributed by atoms with E-state index in [0.717, 1.165) is 45.5 Å². The molecule has 2 aromatic carbocycles. The van der Waals surface area contributed by atoms with Crippen LogP contribution in [0.2, 0.25) is 10.0 Å². The monoisotopic (exact) mass is 369 g/mol. The Labute approximate surface area is 157 Å². The lowest BCUT2D eigenvalue weighted by atomic mass is 10.1. The topological polar surface area (TPSA) is 21.1 Å². The summed E-state index contributed by atoms with van der Waals surface area (Å²) in [5, 5.41) is 6.17. The third-order valence-electron chi connectivity index (χ3n) is 4.47. The number of halogens is 2. The summed E-state index contributed by atoms with van der Waals surface area (Å²) in [5.74, 6) is 1.03. The van der Waals surface area contributed by atoms with E-state index in [-0.39, 0.29) is 0 Å². The van der Waals surface area contributed by atoms with Crippen LogP contribution in [0.5, 0.6) is 0 Å². The average molecular weight is 370 g/mol. The lowest BCUT2D eigenvalue weighted by molar-refractivity contribution is 0.757. The first-order chi connectivity index (χ1) is 12.0. The van der Waals surface area contributed by atoms with Crippen LogP contribution in [0.15, 0.2) is 48.5 Å². The molecule has 0 aliphatic carbocycles. The molecular weight excluding hydrogens is 353 g/mol. The molecule has 0 atom stereocenters. The molecule has 0 spiro atoms. The van der Waals surface area contributed by atoms with Gasteiger partial charge < -0.3 is 4.90 Å². The first kappa shape index (κ1) is 16.2. The highest BCUT2D eigenvalue weighted by atomic mass is 35.5. The van der Waals surface area contributed by atoms with Crippen molar-refractivity contribution in [2.24, 2.45) is 7.05 Å². The van der Waals surface area contributed by atoms with Crippen molar-refractivity contribution in [3.63, 3.8) is 0 Å². The van der Waals surface area contributed by atoms with Crippen LogP contribution in [0, 0.1) is 6.92 Å². The molecule has 1 aliphatic heterocycles. The van der Waals surface area contributed by atoms with Crippen LogP contribution in [0.4, 0.5) is 11.5 Å². The van der Waals surface area contributed by atoms with E-state index in [1.54, 1.807) is 0 Å². The van der Waals surface area contributed by atoms with Crippen LogP contribution in [-0.2, 0) is 7.05 Å². The standard InChI is InChI=1S/C20H17Cl2N3/c1-13-5-6-16(22)11-17(13)18-12-20(24(2)23-18)25-9-3-4-14-10-15(21)7-8-19(14)25/h3-8,10-12H,9H2,1-2H3. The lowest BCUT2D eigenvalue weighted by Gasteiger charge is -2.27. The average Bonchev–Trinajstić information content (AvgIpc) is 2.97. The first-order valence-corrected chi connectivity index (χ1v) is 8.83. The van der Waals surface area contributed by atoms with E-state index in [4.69, 9.17) is 28.3 Å². The molecule has 4 rings (SSSR count). The van der Waals surface area contributed by atoms with Gasteiger partial charge in [-0.25, -0.2) is 0 Å². The Morgan fingerprint density at radius 2 is 1.76 bits per heavy atom. The third kappa shape index (κ3) is 2.94. The van der Waals surface area contributed by atoms with Crippen molar-refractivity contribution >= 4 is 40.8 Å². The van der Waals surface area contributed by atoms with Gasteiger partial charge in [-0.05, 0) is 48.4 Å². The van der Waals surface area contributed by atoms with Crippen LogP contribution in [0.25, 0.3) is 17.3 Å². The maximum Gasteiger partial charge on any atom is 0.131 e. The van der Waals surface area contributed by atoms with Crippen molar-refractivity contribution in [2.45, 2.75) is 6.92 Å². The number of hydrogen-bond donors (Lipinski definition) is 0. The summed E-state index contributed by atoms with van der Waals surface area (Å²) in [6, 6.07) is 14.0. The number of nitrogens with zero attached hydrogens (tertiary/aromatic N) is 3. The minimum atomic E-state index is 0.716. The summed E-state index contributed by atoms with van der Waals surface area (Å²) < 4.78 is 1.91. The molecule has 0 saturated heterocycles. The summed E-state index contributed by atoms with van der Waals surface area (Å²) in [7, 11) is 1.96.